The van der Waals surface area contributed by atoms with Gasteiger partial charge in [0.2, 0.25) is 0 Å². The van der Waals surface area contributed by atoms with Crippen molar-refractivity contribution in [1.29, 1.82) is 0 Å². The van der Waals surface area contributed by atoms with Gasteiger partial charge in [-0.1, -0.05) is 46.3 Å². The van der Waals surface area contributed by atoms with Crippen molar-refractivity contribution in [3.63, 3.8) is 0 Å². The second kappa shape index (κ2) is 8.71. The van der Waals surface area contributed by atoms with Gasteiger partial charge in [-0.2, -0.15) is 5.10 Å². The summed E-state index contributed by atoms with van der Waals surface area (Å²) in [4.78, 5) is 15.3. The van der Waals surface area contributed by atoms with E-state index in [-0.39, 0.29) is 11.7 Å². The average molecular weight is 464 g/mol. The highest BCUT2D eigenvalue weighted by Crippen LogP contribution is 2.21. The van der Waals surface area contributed by atoms with E-state index in [1.807, 2.05) is 60.5 Å². The summed E-state index contributed by atoms with van der Waals surface area (Å²) < 4.78 is 2.84. The maximum atomic E-state index is 13.4. The van der Waals surface area contributed by atoms with Crippen molar-refractivity contribution in [2.45, 2.75) is 13.0 Å². The molecular formula is C24H22BrN3O2. The van der Waals surface area contributed by atoms with Crippen molar-refractivity contribution in [1.82, 2.24) is 14.7 Å². The van der Waals surface area contributed by atoms with E-state index in [1.54, 1.807) is 23.0 Å². The van der Waals surface area contributed by atoms with Gasteiger partial charge in [-0.05, 0) is 53.9 Å². The first-order valence-electron chi connectivity index (χ1n) is 9.73. The monoisotopic (exact) mass is 463 g/mol. The van der Waals surface area contributed by atoms with Gasteiger partial charge >= 0.3 is 0 Å². The highest BCUT2D eigenvalue weighted by Gasteiger charge is 2.18. The number of phenols is 1. The van der Waals surface area contributed by atoms with Crippen LogP contribution < -0.4 is 0 Å². The molecule has 0 saturated carbocycles. The minimum atomic E-state index is -0.0270. The van der Waals surface area contributed by atoms with Crippen LogP contribution in [-0.2, 0) is 20.0 Å². The van der Waals surface area contributed by atoms with Crippen molar-refractivity contribution < 1.29 is 9.90 Å². The Hall–Kier alpha value is -3.12. The molecule has 152 valence electrons. The number of nitrogens with zero attached hydrogens (tertiary/aromatic N) is 3. The van der Waals surface area contributed by atoms with E-state index in [4.69, 9.17) is 0 Å². The third-order valence-corrected chi connectivity index (χ3v) is 5.97. The minimum Gasteiger partial charge on any atom is -0.508 e. The number of phenolic OH excluding ortho intramolecular Hbond substituents is 1. The lowest BCUT2D eigenvalue weighted by Crippen LogP contribution is -2.32. The zero-order chi connectivity index (χ0) is 21.1. The Balaban J connectivity index is 1.60. The molecule has 1 N–H and O–H groups in total. The number of benzene rings is 3. The summed E-state index contributed by atoms with van der Waals surface area (Å²) in [7, 11) is 1.89. The first-order chi connectivity index (χ1) is 14.5. The number of hydrogen-bond acceptors (Lipinski definition) is 3. The molecule has 6 heteroatoms. The number of carbonyl (C=O) groups is 1. The Kier molecular flexibility index (Phi) is 5.86. The zero-order valence-electron chi connectivity index (χ0n) is 16.6. The highest BCUT2D eigenvalue weighted by atomic mass is 79.9. The van der Waals surface area contributed by atoms with Crippen LogP contribution in [0.5, 0.6) is 5.75 Å². The molecule has 0 atom stereocenters. The van der Waals surface area contributed by atoms with Gasteiger partial charge in [0.1, 0.15) is 5.75 Å². The van der Waals surface area contributed by atoms with Crippen LogP contribution in [0.15, 0.2) is 77.4 Å². The van der Waals surface area contributed by atoms with Crippen LogP contribution in [0.2, 0.25) is 0 Å². The molecule has 0 bridgehead atoms. The summed E-state index contributed by atoms with van der Waals surface area (Å²) in [6.07, 6.45) is 2.51. The van der Waals surface area contributed by atoms with Crippen molar-refractivity contribution in [2.75, 3.05) is 6.54 Å². The number of aromatic nitrogens is 2. The molecule has 0 aliphatic carbocycles. The fourth-order valence-corrected chi connectivity index (χ4v) is 3.99. The molecule has 4 rings (SSSR count). The molecule has 0 spiro atoms. The van der Waals surface area contributed by atoms with Gasteiger partial charge in [-0.3, -0.25) is 9.48 Å². The quantitative estimate of drug-likeness (QED) is 0.441. The molecule has 30 heavy (non-hydrogen) atoms. The van der Waals surface area contributed by atoms with Gasteiger partial charge in [0, 0.05) is 35.6 Å². The number of carbonyl (C=O) groups excluding carboxylic acids is 1. The Bertz CT molecular complexity index is 1180. The largest absolute Gasteiger partial charge is 0.508 e. The number of hydrogen-bond donors (Lipinski definition) is 1. The molecule has 0 unspecified atom stereocenters. The van der Waals surface area contributed by atoms with Gasteiger partial charge < -0.3 is 10.0 Å². The number of aromatic hydroxyl groups is 1. The number of fused-ring (bicyclic) bond motifs is 1. The SMILES string of the molecule is Cn1ncc2cc(C(=O)N(CCc3ccccc3Br)Cc3ccc(O)cc3)ccc21. The van der Waals surface area contributed by atoms with Gasteiger partial charge in [-0.15, -0.1) is 0 Å². The van der Waals surface area contributed by atoms with E-state index in [2.05, 4.69) is 27.1 Å². The van der Waals surface area contributed by atoms with Crippen LogP contribution in [-0.4, -0.2) is 32.2 Å². The molecule has 4 aromatic rings. The van der Waals surface area contributed by atoms with E-state index < -0.39 is 0 Å². The Morgan fingerprint density at radius 3 is 2.63 bits per heavy atom. The topological polar surface area (TPSA) is 58.4 Å². The lowest BCUT2D eigenvalue weighted by Gasteiger charge is -2.23. The van der Waals surface area contributed by atoms with E-state index in [0.717, 1.165) is 32.9 Å². The maximum absolute atomic E-state index is 13.4. The van der Waals surface area contributed by atoms with Gasteiger partial charge in [0.25, 0.3) is 5.91 Å². The Labute approximate surface area is 183 Å². The second-order valence-corrected chi connectivity index (χ2v) is 8.13. The lowest BCUT2D eigenvalue weighted by atomic mass is 10.1. The predicted octanol–water partition coefficient (Wildman–Crippen LogP) is 4.93. The van der Waals surface area contributed by atoms with Crippen LogP contribution in [0.3, 0.4) is 0 Å². The molecule has 0 radical (unpaired) electrons. The van der Waals surface area contributed by atoms with Crippen molar-refractivity contribution in [3.05, 3.63) is 94.1 Å². The molecule has 0 fully saturated rings. The number of amides is 1. The Morgan fingerprint density at radius 2 is 1.87 bits per heavy atom. The molecule has 5 nitrogen and oxygen atoms in total. The maximum Gasteiger partial charge on any atom is 0.254 e. The van der Waals surface area contributed by atoms with Crippen molar-refractivity contribution in [3.8, 4) is 5.75 Å². The zero-order valence-corrected chi connectivity index (χ0v) is 18.2. The smallest absolute Gasteiger partial charge is 0.254 e. The molecule has 0 saturated heterocycles. The van der Waals surface area contributed by atoms with Crippen LogP contribution >= 0.6 is 15.9 Å². The second-order valence-electron chi connectivity index (χ2n) is 7.28. The molecule has 0 aliphatic rings. The van der Waals surface area contributed by atoms with E-state index in [0.29, 0.717) is 18.7 Å². The van der Waals surface area contributed by atoms with E-state index in [9.17, 15) is 9.90 Å². The molecule has 3 aromatic carbocycles. The first-order valence-corrected chi connectivity index (χ1v) is 10.5. The molecule has 0 aliphatic heterocycles. The van der Waals surface area contributed by atoms with Crippen molar-refractivity contribution in [2.24, 2.45) is 7.05 Å². The fraction of sp³-hybridized carbons (Fsp3) is 0.167. The predicted molar refractivity (Wildman–Crippen MR) is 121 cm³/mol. The van der Waals surface area contributed by atoms with Crippen LogP contribution in [0.4, 0.5) is 0 Å². The minimum absolute atomic E-state index is 0.0270. The molecule has 1 aromatic heterocycles. The van der Waals surface area contributed by atoms with Crippen molar-refractivity contribution >= 4 is 32.7 Å². The summed E-state index contributed by atoms with van der Waals surface area (Å²) >= 11 is 3.59. The molecule has 1 heterocycles. The van der Waals surface area contributed by atoms with Crippen LogP contribution in [0, 0.1) is 0 Å². The summed E-state index contributed by atoms with van der Waals surface area (Å²) in [6.45, 7) is 1.04. The number of aryl methyl sites for hydroxylation is 1. The molecular weight excluding hydrogens is 442 g/mol. The third-order valence-electron chi connectivity index (χ3n) is 5.20. The van der Waals surface area contributed by atoms with Gasteiger partial charge in [-0.25, -0.2) is 0 Å². The summed E-state index contributed by atoms with van der Waals surface area (Å²) in [5.41, 5.74) is 3.76. The number of rotatable bonds is 6. The first kappa shape index (κ1) is 20.2. The van der Waals surface area contributed by atoms with Gasteiger partial charge in [0.15, 0.2) is 0 Å². The normalized spacial score (nSPS) is 11.0. The fourth-order valence-electron chi connectivity index (χ4n) is 3.51. The standard InChI is InChI=1S/C24H22BrN3O2/c1-27-23-11-8-19(14-20(23)15-26-27)24(30)28(16-17-6-9-21(29)10-7-17)13-12-18-4-2-3-5-22(18)25/h2-11,14-15,29H,12-13,16H2,1H3. The summed E-state index contributed by atoms with van der Waals surface area (Å²) in [5, 5.41) is 14.8. The lowest BCUT2D eigenvalue weighted by molar-refractivity contribution is 0.0745. The van der Waals surface area contributed by atoms with Crippen LogP contribution in [0.25, 0.3) is 10.9 Å². The van der Waals surface area contributed by atoms with E-state index in [1.165, 1.54) is 0 Å². The Morgan fingerprint density at radius 1 is 1.10 bits per heavy atom. The number of halogens is 1. The summed E-state index contributed by atoms with van der Waals surface area (Å²) in [5.74, 6) is 0.188. The highest BCUT2D eigenvalue weighted by molar-refractivity contribution is 9.10. The van der Waals surface area contributed by atoms with Crippen LogP contribution in [0.1, 0.15) is 21.5 Å². The molecule has 1 amide bonds. The summed E-state index contributed by atoms with van der Waals surface area (Å²) in [6, 6.07) is 20.7. The van der Waals surface area contributed by atoms with Gasteiger partial charge in [0.05, 0.1) is 11.7 Å². The third kappa shape index (κ3) is 4.39. The van der Waals surface area contributed by atoms with E-state index >= 15 is 0 Å². The average Bonchev–Trinajstić information content (AvgIpc) is 3.13.